The van der Waals surface area contributed by atoms with Gasteiger partial charge in [0, 0.05) is 6.42 Å². The maximum Gasteiger partial charge on any atom is 0.220 e. The van der Waals surface area contributed by atoms with Gasteiger partial charge in [0.05, 0.1) is 18.8 Å². The van der Waals surface area contributed by atoms with Gasteiger partial charge in [0.2, 0.25) is 5.91 Å². The fourth-order valence-corrected chi connectivity index (χ4v) is 4.06. The van der Waals surface area contributed by atoms with Crippen molar-refractivity contribution >= 4 is 5.91 Å². The van der Waals surface area contributed by atoms with Gasteiger partial charge >= 0.3 is 0 Å². The lowest BCUT2D eigenvalue weighted by Gasteiger charge is -2.22. The van der Waals surface area contributed by atoms with Gasteiger partial charge in [-0.2, -0.15) is 0 Å². The number of allylic oxidation sites excluding steroid dienone is 2. The summed E-state index contributed by atoms with van der Waals surface area (Å²) in [5, 5.41) is 22.4. The van der Waals surface area contributed by atoms with Crippen molar-refractivity contribution in [1.29, 1.82) is 0 Å². The molecule has 4 heteroatoms. The summed E-state index contributed by atoms with van der Waals surface area (Å²) in [6.07, 6.45) is 27.3. The van der Waals surface area contributed by atoms with Crippen LogP contribution in [0.2, 0.25) is 0 Å². The van der Waals surface area contributed by atoms with E-state index in [-0.39, 0.29) is 12.5 Å². The molecule has 0 aromatic carbocycles. The van der Waals surface area contributed by atoms with Crippen LogP contribution in [0.5, 0.6) is 0 Å². The molecule has 0 rings (SSSR count). The van der Waals surface area contributed by atoms with Crippen molar-refractivity contribution in [3.8, 4) is 0 Å². The Labute approximate surface area is 199 Å². The topological polar surface area (TPSA) is 69.6 Å². The summed E-state index contributed by atoms with van der Waals surface area (Å²) in [5.41, 5.74) is 0. The minimum absolute atomic E-state index is 0.0497. The maximum atomic E-state index is 12.1. The van der Waals surface area contributed by atoms with E-state index >= 15 is 0 Å². The molecule has 4 nitrogen and oxygen atoms in total. The molecule has 2 atom stereocenters. The smallest absolute Gasteiger partial charge is 0.220 e. The van der Waals surface area contributed by atoms with Crippen LogP contribution in [0.1, 0.15) is 142 Å². The van der Waals surface area contributed by atoms with E-state index in [9.17, 15) is 15.0 Å². The van der Waals surface area contributed by atoms with Gasteiger partial charge in [-0.3, -0.25) is 4.79 Å². The van der Waals surface area contributed by atoms with Crippen molar-refractivity contribution in [3.05, 3.63) is 12.2 Å². The SMILES string of the molecule is CCCCCCCC/C=C\CCCCCCCCCC(=O)NC(CO)C(O)CCCCC. The van der Waals surface area contributed by atoms with Crippen molar-refractivity contribution in [2.75, 3.05) is 6.61 Å². The third kappa shape index (κ3) is 21.0. The Balaban J connectivity index is 3.48. The third-order valence-corrected chi connectivity index (χ3v) is 6.28. The second kappa shape index (κ2) is 24.8. The monoisotopic (exact) mass is 453 g/mol. The molecule has 0 radical (unpaired) electrons. The van der Waals surface area contributed by atoms with Gasteiger partial charge < -0.3 is 15.5 Å². The normalized spacial score (nSPS) is 13.5. The molecule has 0 saturated heterocycles. The molecule has 0 aliphatic heterocycles. The van der Waals surface area contributed by atoms with Gasteiger partial charge in [0.15, 0.2) is 0 Å². The van der Waals surface area contributed by atoms with Crippen LogP contribution in [0.4, 0.5) is 0 Å². The van der Waals surface area contributed by atoms with Crippen LogP contribution in [-0.2, 0) is 4.79 Å². The highest BCUT2D eigenvalue weighted by Crippen LogP contribution is 2.12. The lowest BCUT2D eigenvalue weighted by Crippen LogP contribution is -2.45. The Morgan fingerprint density at radius 3 is 1.72 bits per heavy atom. The molecule has 0 saturated carbocycles. The fourth-order valence-electron chi connectivity index (χ4n) is 4.06. The number of aliphatic hydroxyl groups excluding tert-OH is 2. The second-order valence-corrected chi connectivity index (χ2v) is 9.46. The Hall–Kier alpha value is -0.870. The molecule has 1 amide bonds. The van der Waals surface area contributed by atoms with Gasteiger partial charge in [-0.05, 0) is 38.5 Å². The number of hydrogen-bond acceptors (Lipinski definition) is 3. The summed E-state index contributed by atoms with van der Waals surface area (Å²) in [6, 6.07) is -0.529. The van der Waals surface area contributed by atoms with Crippen LogP contribution < -0.4 is 5.32 Å². The standard InChI is InChI=1S/C28H55NO3/c1-3-5-7-8-9-10-11-12-13-14-15-16-17-18-19-20-22-24-28(32)29-26(25-30)27(31)23-21-6-4-2/h12-13,26-27,30-31H,3-11,14-25H2,1-2H3,(H,29,32)/b13-12-. The summed E-state index contributed by atoms with van der Waals surface area (Å²) >= 11 is 0. The van der Waals surface area contributed by atoms with Gasteiger partial charge in [-0.1, -0.05) is 109 Å². The van der Waals surface area contributed by atoms with E-state index in [1.807, 2.05) is 0 Å². The van der Waals surface area contributed by atoms with E-state index in [1.165, 1.54) is 83.5 Å². The van der Waals surface area contributed by atoms with Crippen LogP contribution in [0.3, 0.4) is 0 Å². The number of unbranched alkanes of at least 4 members (excludes halogenated alkanes) is 15. The lowest BCUT2D eigenvalue weighted by atomic mass is 10.0. The average molecular weight is 454 g/mol. The number of rotatable bonds is 24. The first kappa shape index (κ1) is 31.1. The number of aliphatic hydroxyl groups is 2. The summed E-state index contributed by atoms with van der Waals surface area (Å²) in [7, 11) is 0. The minimum Gasteiger partial charge on any atom is -0.394 e. The van der Waals surface area contributed by atoms with Gasteiger partial charge in [0.1, 0.15) is 0 Å². The molecule has 0 aliphatic rings. The first-order valence-corrected chi connectivity index (χ1v) is 13.9. The highest BCUT2D eigenvalue weighted by molar-refractivity contribution is 5.76. The molecular formula is C28H55NO3. The predicted molar refractivity (Wildman–Crippen MR) is 138 cm³/mol. The van der Waals surface area contributed by atoms with Crippen molar-refractivity contribution in [2.45, 2.75) is 154 Å². The minimum atomic E-state index is -0.652. The second-order valence-electron chi connectivity index (χ2n) is 9.46. The summed E-state index contributed by atoms with van der Waals surface area (Å²) in [6.45, 7) is 4.18. The quantitative estimate of drug-likeness (QED) is 0.107. The Bertz CT molecular complexity index is 425. The molecule has 0 aromatic heterocycles. The van der Waals surface area contributed by atoms with Crippen molar-refractivity contribution in [2.24, 2.45) is 0 Å². The Morgan fingerprint density at radius 1 is 0.719 bits per heavy atom. The zero-order valence-electron chi connectivity index (χ0n) is 21.5. The number of amides is 1. The first-order valence-electron chi connectivity index (χ1n) is 13.9. The Kier molecular flexibility index (Phi) is 24.1. The third-order valence-electron chi connectivity index (χ3n) is 6.28. The molecule has 3 N–H and O–H groups in total. The molecule has 0 heterocycles. The van der Waals surface area contributed by atoms with Gasteiger partial charge in [0.25, 0.3) is 0 Å². The zero-order chi connectivity index (χ0) is 23.7. The van der Waals surface area contributed by atoms with Crippen LogP contribution in [0, 0.1) is 0 Å². The predicted octanol–water partition coefficient (Wildman–Crippen LogP) is 7.22. The van der Waals surface area contributed by atoms with Crippen LogP contribution in [0.25, 0.3) is 0 Å². The summed E-state index contributed by atoms with van der Waals surface area (Å²) < 4.78 is 0. The van der Waals surface area contributed by atoms with E-state index in [2.05, 4.69) is 31.3 Å². The lowest BCUT2D eigenvalue weighted by molar-refractivity contribution is -0.123. The fraction of sp³-hybridized carbons (Fsp3) is 0.893. The molecule has 0 aliphatic carbocycles. The first-order chi connectivity index (χ1) is 15.7. The summed E-state index contributed by atoms with van der Waals surface area (Å²) in [4.78, 5) is 12.1. The van der Waals surface area contributed by atoms with Gasteiger partial charge in [-0.25, -0.2) is 0 Å². The highest BCUT2D eigenvalue weighted by atomic mass is 16.3. The molecule has 32 heavy (non-hydrogen) atoms. The molecule has 0 fully saturated rings. The number of nitrogens with one attached hydrogen (secondary N) is 1. The highest BCUT2D eigenvalue weighted by Gasteiger charge is 2.19. The van der Waals surface area contributed by atoms with E-state index in [1.54, 1.807) is 0 Å². The van der Waals surface area contributed by atoms with Gasteiger partial charge in [-0.15, -0.1) is 0 Å². The Morgan fingerprint density at radius 2 is 1.19 bits per heavy atom. The molecule has 190 valence electrons. The van der Waals surface area contributed by atoms with Crippen LogP contribution in [-0.4, -0.2) is 34.9 Å². The number of carbonyl (C=O) groups excluding carboxylic acids is 1. The van der Waals surface area contributed by atoms with E-state index in [4.69, 9.17) is 0 Å². The molecule has 2 unspecified atom stereocenters. The molecular weight excluding hydrogens is 398 g/mol. The summed E-state index contributed by atoms with van der Waals surface area (Å²) in [5.74, 6) is -0.0497. The van der Waals surface area contributed by atoms with E-state index in [0.29, 0.717) is 12.8 Å². The van der Waals surface area contributed by atoms with Crippen LogP contribution in [0.15, 0.2) is 12.2 Å². The largest absolute Gasteiger partial charge is 0.394 e. The zero-order valence-corrected chi connectivity index (χ0v) is 21.5. The maximum absolute atomic E-state index is 12.1. The van der Waals surface area contributed by atoms with E-state index in [0.717, 1.165) is 32.1 Å². The molecule has 0 spiro atoms. The van der Waals surface area contributed by atoms with E-state index < -0.39 is 12.1 Å². The van der Waals surface area contributed by atoms with Crippen molar-refractivity contribution < 1.29 is 15.0 Å². The van der Waals surface area contributed by atoms with Crippen molar-refractivity contribution in [1.82, 2.24) is 5.32 Å². The van der Waals surface area contributed by atoms with Crippen LogP contribution >= 0.6 is 0 Å². The number of carbonyl (C=O) groups is 1. The average Bonchev–Trinajstić information content (AvgIpc) is 2.79. The number of hydrogen-bond donors (Lipinski definition) is 3. The van der Waals surface area contributed by atoms with Crippen molar-refractivity contribution in [3.63, 3.8) is 0 Å². The molecule has 0 aromatic rings. The molecule has 0 bridgehead atoms.